The van der Waals surface area contributed by atoms with E-state index in [1.54, 1.807) is 6.92 Å². The molecule has 0 spiro atoms. The van der Waals surface area contributed by atoms with Crippen molar-refractivity contribution < 1.29 is 8.42 Å². The van der Waals surface area contributed by atoms with Crippen LogP contribution in [0.1, 0.15) is 51.9 Å². The van der Waals surface area contributed by atoms with Crippen LogP contribution in [0.2, 0.25) is 0 Å². The summed E-state index contributed by atoms with van der Waals surface area (Å²) in [6.45, 7) is 2.33. The van der Waals surface area contributed by atoms with Crippen LogP contribution in [0.5, 0.6) is 0 Å². The molecule has 4 bridgehead atoms. The van der Waals surface area contributed by atoms with E-state index in [-0.39, 0.29) is 5.75 Å². The van der Waals surface area contributed by atoms with Crippen LogP contribution in [0.3, 0.4) is 0 Å². The largest absolute Gasteiger partial charge is 0.215 e. The third kappa shape index (κ3) is 2.99. The van der Waals surface area contributed by atoms with Crippen molar-refractivity contribution in [2.45, 2.75) is 51.9 Å². The van der Waals surface area contributed by atoms with Gasteiger partial charge in [-0.3, -0.25) is 0 Å². The first kappa shape index (κ1) is 13.9. The van der Waals surface area contributed by atoms with Crippen LogP contribution < -0.4 is 4.72 Å². The molecule has 0 atom stereocenters. The molecule has 4 heteroatoms. The fraction of sp³-hybridized carbons (Fsp3) is 1.00. The number of hydrogen-bond donors (Lipinski definition) is 1. The lowest BCUT2D eigenvalue weighted by Gasteiger charge is -2.54. The zero-order valence-corrected chi connectivity index (χ0v) is 12.8. The maximum atomic E-state index is 11.4. The lowest BCUT2D eigenvalue weighted by atomic mass is 9.51. The summed E-state index contributed by atoms with van der Waals surface area (Å²) in [5, 5.41) is 0. The average molecular weight is 285 g/mol. The minimum Gasteiger partial charge on any atom is -0.215 e. The van der Waals surface area contributed by atoms with E-state index >= 15 is 0 Å². The molecule has 0 aromatic carbocycles. The summed E-state index contributed by atoms with van der Waals surface area (Å²) in [5.41, 5.74) is 0. The minimum absolute atomic E-state index is 0.199. The molecule has 4 rings (SSSR count). The van der Waals surface area contributed by atoms with Gasteiger partial charge in [0.25, 0.3) is 0 Å². The molecule has 0 heterocycles. The smallest absolute Gasteiger partial charge is 0.211 e. The van der Waals surface area contributed by atoms with Gasteiger partial charge in [0, 0.05) is 6.54 Å². The van der Waals surface area contributed by atoms with Gasteiger partial charge in [0.2, 0.25) is 10.0 Å². The molecule has 110 valence electrons. The molecule has 0 aromatic heterocycles. The Morgan fingerprint density at radius 1 is 1.00 bits per heavy atom. The maximum Gasteiger partial charge on any atom is 0.211 e. The van der Waals surface area contributed by atoms with Crippen molar-refractivity contribution in [3.63, 3.8) is 0 Å². The van der Waals surface area contributed by atoms with E-state index in [0.717, 1.165) is 36.0 Å². The summed E-state index contributed by atoms with van der Waals surface area (Å²) >= 11 is 0. The SMILES string of the molecule is CCS(=O)(=O)NCCCC1C2CC3CC(C2)CC1C3. The number of nitrogens with one attached hydrogen (secondary N) is 1. The molecular weight excluding hydrogens is 258 g/mol. The molecule has 3 nitrogen and oxygen atoms in total. The van der Waals surface area contributed by atoms with E-state index in [9.17, 15) is 8.42 Å². The van der Waals surface area contributed by atoms with Crippen molar-refractivity contribution in [2.75, 3.05) is 12.3 Å². The van der Waals surface area contributed by atoms with Crippen LogP contribution in [0.15, 0.2) is 0 Å². The van der Waals surface area contributed by atoms with E-state index in [0.29, 0.717) is 6.54 Å². The van der Waals surface area contributed by atoms with Crippen molar-refractivity contribution in [2.24, 2.45) is 29.6 Å². The molecule has 4 fully saturated rings. The first-order valence-electron chi connectivity index (χ1n) is 8.04. The Hall–Kier alpha value is -0.0900. The van der Waals surface area contributed by atoms with E-state index in [1.165, 1.54) is 38.5 Å². The first-order chi connectivity index (χ1) is 9.07. The fourth-order valence-electron chi connectivity index (χ4n) is 5.18. The van der Waals surface area contributed by atoms with Crippen LogP contribution in [-0.4, -0.2) is 20.7 Å². The van der Waals surface area contributed by atoms with Gasteiger partial charge in [0.15, 0.2) is 0 Å². The molecule has 4 saturated carbocycles. The molecular formula is C15H27NO2S. The van der Waals surface area contributed by atoms with Crippen molar-refractivity contribution in [1.82, 2.24) is 4.72 Å². The van der Waals surface area contributed by atoms with Crippen LogP contribution in [0, 0.1) is 29.6 Å². The quantitative estimate of drug-likeness (QED) is 0.763. The first-order valence-corrected chi connectivity index (χ1v) is 9.70. The Kier molecular flexibility index (Phi) is 3.91. The standard InChI is InChI=1S/C15H27NO2S/c1-2-19(17,18)16-5-3-4-15-13-7-11-6-12(9-13)10-14(15)8-11/h11-16H,2-10H2,1H3. The molecule has 0 radical (unpaired) electrons. The van der Waals surface area contributed by atoms with E-state index < -0.39 is 10.0 Å². The maximum absolute atomic E-state index is 11.4. The Bertz CT molecular complexity index is 390. The molecule has 0 aromatic rings. The average Bonchev–Trinajstić information content (AvgIpc) is 2.36. The highest BCUT2D eigenvalue weighted by Crippen LogP contribution is 2.57. The van der Waals surface area contributed by atoms with Gasteiger partial charge in [0.1, 0.15) is 0 Å². The van der Waals surface area contributed by atoms with Gasteiger partial charge in [-0.1, -0.05) is 0 Å². The second-order valence-electron chi connectivity index (χ2n) is 7.03. The predicted octanol–water partition coefficient (Wildman–Crippen LogP) is 2.78. The number of sulfonamides is 1. The third-order valence-corrected chi connectivity index (χ3v) is 7.24. The number of hydrogen-bond acceptors (Lipinski definition) is 2. The zero-order valence-electron chi connectivity index (χ0n) is 12.0. The van der Waals surface area contributed by atoms with Crippen molar-refractivity contribution in [3.05, 3.63) is 0 Å². The van der Waals surface area contributed by atoms with Gasteiger partial charge in [-0.15, -0.1) is 0 Å². The summed E-state index contributed by atoms with van der Waals surface area (Å²) < 4.78 is 25.5. The van der Waals surface area contributed by atoms with Crippen LogP contribution >= 0.6 is 0 Å². The number of rotatable bonds is 6. The normalized spacial score (nSPS) is 40.8. The van der Waals surface area contributed by atoms with Gasteiger partial charge < -0.3 is 0 Å². The summed E-state index contributed by atoms with van der Waals surface area (Å²) in [6.07, 6.45) is 9.65. The van der Waals surface area contributed by atoms with E-state index in [2.05, 4.69) is 4.72 Å². The molecule has 0 unspecified atom stereocenters. The second-order valence-corrected chi connectivity index (χ2v) is 9.13. The molecule has 1 N–H and O–H groups in total. The second kappa shape index (κ2) is 5.36. The van der Waals surface area contributed by atoms with Crippen LogP contribution in [0.25, 0.3) is 0 Å². The van der Waals surface area contributed by atoms with Gasteiger partial charge in [-0.2, -0.15) is 0 Å². The molecule has 4 aliphatic carbocycles. The highest BCUT2D eigenvalue weighted by molar-refractivity contribution is 7.89. The fourth-order valence-corrected chi connectivity index (χ4v) is 5.84. The van der Waals surface area contributed by atoms with Gasteiger partial charge in [-0.05, 0) is 81.5 Å². The molecule has 4 aliphatic rings. The Morgan fingerprint density at radius 2 is 1.58 bits per heavy atom. The van der Waals surface area contributed by atoms with Gasteiger partial charge in [0.05, 0.1) is 5.75 Å². The Morgan fingerprint density at radius 3 is 2.11 bits per heavy atom. The zero-order chi connectivity index (χ0) is 13.5. The van der Waals surface area contributed by atoms with Crippen LogP contribution in [0.4, 0.5) is 0 Å². The van der Waals surface area contributed by atoms with Crippen molar-refractivity contribution >= 4 is 10.0 Å². The third-order valence-electron chi connectivity index (χ3n) is 5.84. The molecule has 0 amide bonds. The van der Waals surface area contributed by atoms with Gasteiger partial charge in [-0.25, -0.2) is 13.1 Å². The van der Waals surface area contributed by atoms with Crippen LogP contribution in [-0.2, 0) is 10.0 Å². The van der Waals surface area contributed by atoms with Crippen molar-refractivity contribution in [3.8, 4) is 0 Å². The molecule has 0 saturated heterocycles. The molecule has 19 heavy (non-hydrogen) atoms. The molecule has 0 aliphatic heterocycles. The minimum atomic E-state index is -2.99. The predicted molar refractivity (Wildman–Crippen MR) is 77.2 cm³/mol. The Balaban J connectivity index is 1.46. The summed E-state index contributed by atoms with van der Waals surface area (Å²) in [6, 6.07) is 0. The highest BCUT2D eigenvalue weighted by atomic mass is 32.2. The highest BCUT2D eigenvalue weighted by Gasteiger charge is 2.47. The monoisotopic (exact) mass is 285 g/mol. The van der Waals surface area contributed by atoms with Gasteiger partial charge >= 0.3 is 0 Å². The van der Waals surface area contributed by atoms with Crippen molar-refractivity contribution in [1.29, 1.82) is 0 Å². The summed E-state index contributed by atoms with van der Waals surface area (Å²) in [4.78, 5) is 0. The lowest BCUT2D eigenvalue weighted by molar-refractivity contribution is -0.0400. The summed E-state index contributed by atoms with van der Waals surface area (Å²) in [5.74, 6) is 5.12. The lowest BCUT2D eigenvalue weighted by Crippen LogP contribution is -2.45. The Labute approximate surface area is 117 Å². The summed E-state index contributed by atoms with van der Waals surface area (Å²) in [7, 11) is -2.99. The van der Waals surface area contributed by atoms with E-state index in [1.807, 2.05) is 0 Å². The van der Waals surface area contributed by atoms with E-state index in [4.69, 9.17) is 0 Å². The topological polar surface area (TPSA) is 46.2 Å².